The zero-order valence-electron chi connectivity index (χ0n) is 9.59. The Morgan fingerprint density at radius 3 is 2.60 bits per heavy atom. The summed E-state index contributed by atoms with van der Waals surface area (Å²) in [5.74, 6) is 1.27. The second kappa shape index (κ2) is 4.34. The molecule has 82 valence electrons. The molecule has 0 radical (unpaired) electrons. The number of benzene rings is 1. The molecule has 0 bridgehead atoms. The van der Waals surface area contributed by atoms with E-state index in [9.17, 15) is 4.39 Å². The molecule has 0 spiro atoms. The average Bonchev–Trinajstić information content (AvgIpc) is 2.97. The summed E-state index contributed by atoms with van der Waals surface area (Å²) < 4.78 is 13.3. The molecule has 0 unspecified atom stereocenters. The monoisotopic (exact) mass is 206 g/mol. The minimum Gasteiger partial charge on any atom is -0.207 e. The zero-order valence-corrected chi connectivity index (χ0v) is 9.59. The first-order valence-electron chi connectivity index (χ1n) is 5.94. The maximum atomic E-state index is 13.3. The van der Waals surface area contributed by atoms with Gasteiger partial charge in [0.1, 0.15) is 5.82 Å². The van der Waals surface area contributed by atoms with Crippen molar-refractivity contribution in [2.75, 3.05) is 0 Å². The number of hydrogen-bond donors (Lipinski definition) is 0. The summed E-state index contributed by atoms with van der Waals surface area (Å²) in [6.45, 7) is 4.22. The van der Waals surface area contributed by atoms with Crippen molar-refractivity contribution in [1.29, 1.82) is 0 Å². The molecule has 1 fully saturated rings. The molecule has 0 aliphatic heterocycles. The third-order valence-corrected chi connectivity index (χ3v) is 3.18. The summed E-state index contributed by atoms with van der Waals surface area (Å²) >= 11 is 0. The second-order valence-electron chi connectivity index (χ2n) is 5.03. The van der Waals surface area contributed by atoms with Crippen LogP contribution in [0.5, 0.6) is 0 Å². The fraction of sp³-hybridized carbons (Fsp3) is 0.571. The number of hydrogen-bond acceptors (Lipinski definition) is 0. The van der Waals surface area contributed by atoms with Crippen LogP contribution in [0.3, 0.4) is 0 Å². The molecule has 0 nitrogen and oxygen atoms in total. The van der Waals surface area contributed by atoms with Crippen LogP contribution in [0.25, 0.3) is 0 Å². The summed E-state index contributed by atoms with van der Waals surface area (Å²) in [5.41, 5.74) is 2.30. The van der Waals surface area contributed by atoms with Gasteiger partial charge in [-0.15, -0.1) is 0 Å². The minimum atomic E-state index is -0.0769. The number of aryl methyl sites for hydroxylation is 1. The molecular weight excluding hydrogens is 187 g/mol. The fourth-order valence-electron chi connectivity index (χ4n) is 1.93. The average molecular weight is 206 g/mol. The van der Waals surface area contributed by atoms with Gasteiger partial charge in [-0.2, -0.15) is 0 Å². The Bertz CT molecular complexity index is 337. The standard InChI is InChI=1S/C14H19F/c1-10(2)13-7-12(8-14(15)9-13)6-5-11-3-4-11/h7-11H,3-6H2,1-2H3. The quantitative estimate of drug-likeness (QED) is 0.689. The van der Waals surface area contributed by atoms with Gasteiger partial charge in [-0.1, -0.05) is 32.8 Å². The lowest BCUT2D eigenvalue weighted by molar-refractivity contribution is 0.618. The van der Waals surface area contributed by atoms with Gasteiger partial charge < -0.3 is 0 Å². The molecule has 0 heterocycles. The predicted octanol–water partition coefficient (Wildman–Crippen LogP) is 4.29. The molecular formula is C14H19F. The van der Waals surface area contributed by atoms with E-state index < -0.39 is 0 Å². The van der Waals surface area contributed by atoms with E-state index in [-0.39, 0.29) is 5.82 Å². The summed E-state index contributed by atoms with van der Waals surface area (Å²) in [7, 11) is 0. The van der Waals surface area contributed by atoms with Crippen molar-refractivity contribution in [2.24, 2.45) is 5.92 Å². The highest BCUT2D eigenvalue weighted by Gasteiger charge is 2.20. The van der Waals surface area contributed by atoms with E-state index in [0.717, 1.165) is 17.9 Å². The minimum absolute atomic E-state index is 0.0769. The molecule has 1 aliphatic rings. The Labute approximate surface area is 91.5 Å². The van der Waals surface area contributed by atoms with Gasteiger partial charge in [0.2, 0.25) is 0 Å². The lowest BCUT2D eigenvalue weighted by atomic mass is 9.98. The van der Waals surface area contributed by atoms with Crippen molar-refractivity contribution in [3.05, 3.63) is 35.1 Å². The smallest absolute Gasteiger partial charge is 0.123 e. The Hall–Kier alpha value is -0.850. The topological polar surface area (TPSA) is 0 Å². The number of halogens is 1. The molecule has 1 aromatic rings. The SMILES string of the molecule is CC(C)c1cc(F)cc(CCC2CC2)c1. The van der Waals surface area contributed by atoms with E-state index in [2.05, 4.69) is 19.9 Å². The molecule has 15 heavy (non-hydrogen) atoms. The van der Waals surface area contributed by atoms with Crippen LogP contribution in [-0.2, 0) is 6.42 Å². The third-order valence-electron chi connectivity index (χ3n) is 3.18. The normalized spacial score (nSPS) is 16.0. The predicted molar refractivity (Wildman–Crippen MR) is 61.5 cm³/mol. The first-order valence-corrected chi connectivity index (χ1v) is 5.94. The van der Waals surface area contributed by atoms with Gasteiger partial charge in [0.25, 0.3) is 0 Å². The van der Waals surface area contributed by atoms with Gasteiger partial charge in [-0.25, -0.2) is 4.39 Å². The van der Waals surface area contributed by atoms with Crippen molar-refractivity contribution in [3.63, 3.8) is 0 Å². The van der Waals surface area contributed by atoms with Crippen LogP contribution >= 0.6 is 0 Å². The van der Waals surface area contributed by atoms with E-state index in [1.165, 1.54) is 24.8 Å². The Balaban J connectivity index is 2.07. The van der Waals surface area contributed by atoms with Crippen molar-refractivity contribution in [1.82, 2.24) is 0 Å². The molecule has 0 atom stereocenters. The van der Waals surface area contributed by atoms with Gasteiger partial charge in [-0.3, -0.25) is 0 Å². The molecule has 1 saturated carbocycles. The zero-order chi connectivity index (χ0) is 10.8. The highest BCUT2D eigenvalue weighted by Crippen LogP contribution is 2.33. The third kappa shape index (κ3) is 3.05. The van der Waals surface area contributed by atoms with Crippen LogP contribution in [0.1, 0.15) is 50.2 Å². The van der Waals surface area contributed by atoms with E-state index in [4.69, 9.17) is 0 Å². The lowest BCUT2D eigenvalue weighted by Gasteiger charge is -2.08. The highest BCUT2D eigenvalue weighted by molar-refractivity contribution is 5.27. The first-order chi connectivity index (χ1) is 7.15. The maximum absolute atomic E-state index is 13.3. The van der Waals surface area contributed by atoms with E-state index in [1.807, 2.05) is 0 Å². The maximum Gasteiger partial charge on any atom is 0.123 e. The van der Waals surface area contributed by atoms with Crippen molar-refractivity contribution in [3.8, 4) is 0 Å². The Morgan fingerprint density at radius 1 is 1.27 bits per heavy atom. The molecule has 0 saturated heterocycles. The van der Waals surface area contributed by atoms with E-state index in [1.54, 1.807) is 12.1 Å². The van der Waals surface area contributed by atoms with Crippen LogP contribution < -0.4 is 0 Å². The van der Waals surface area contributed by atoms with Gasteiger partial charge in [0.15, 0.2) is 0 Å². The van der Waals surface area contributed by atoms with Gasteiger partial charge in [0.05, 0.1) is 0 Å². The van der Waals surface area contributed by atoms with Crippen LogP contribution in [0.2, 0.25) is 0 Å². The molecule has 1 aliphatic carbocycles. The largest absolute Gasteiger partial charge is 0.207 e. The molecule has 1 heteroatoms. The highest BCUT2D eigenvalue weighted by atomic mass is 19.1. The fourth-order valence-corrected chi connectivity index (χ4v) is 1.93. The van der Waals surface area contributed by atoms with Crippen LogP contribution in [0, 0.1) is 11.7 Å². The van der Waals surface area contributed by atoms with Gasteiger partial charge in [-0.05, 0) is 47.9 Å². The number of rotatable bonds is 4. The first kappa shape index (κ1) is 10.7. The molecule has 0 N–H and O–H groups in total. The summed E-state index contributed by atoms with van der Waals surface area (Å²) in [5, 5.41) is 0. The molecule has 0 amide bonds. The van der Waals surface area contributed by atoms with Gasteiger partial charge >= 0.3 is 0 Å². The molecule has 0 aromatic heterocycles. The summed E-state index contributed by atoms with van der Waals surface area (Å²) in [6, 6.07) is 5.51. The van der Waals surface area contributed by atoms with Crippen molar-refractivity contribution < 1.29 is 4.39 Å². The summed E-state index contributed by atoms with van der Waals surface area (Å²) in [6.07, 6.45) is 5.04. The van der Waals surface area contributed by atoms with Crippen LogP contribution in [0.4, 0.5) is 4.39 Å². The van der Waals surface area contributed by atoms with Crippen molar-refractivity contribution in [2.45, 2.75) is 45.4 Å². The van der Waals surface area contributed by atoms with Gasteiger partial charge in [0, 0.05) is 0 Å². The summed E-state index contributed by atoms with van der Waals surface area (Å²) in [4.78, 5) is 0. The molecule has 1 aromatic carbocycles. The van der Waals surface area contributed by atoms with Crippen LogP contribution in [0.15, 0.2) is 18.2 Å². The molecule has 2 rings (SSSR count). The van der Waals surface area contributed by atoms with Crippen molar-refractivity contribution >= 4 is 0 Å². The second-order valence-corrected chi connectivity index (χ2v) is 5.03. The van der Waals surface area contributed by atoms with E-state index >= 15 is 0 Å². The van der Waals surface area contributed by atoms with Crippen LogP contribution in [-0.4, -0.2) is 0 Å². The van der Waals surface area contributed by atoms with E-state index in [0.29, 0.717) is 5.92 Å². The Kier molecular flexibility index (Phi) is 3.08. The Morgan fingerprint density at radius 2 is 2.00 bits per heavy atom. The lowest BCUT2D eigenvalue weighted by Crippen LogP contribution is -1.94.